The second kappa shape index (κ2) is 4.73. The molecule has 0 aromatic heterocycles. The molecule has 3 nitrogen and oxygen atoms in total. The van der Waals surface area contributed by atoms with Crippen LogP contribution in [0, 0.1) is 0 Å². The molecule has 0 saturated heterocycles. The van der Waals surface area contributed by atoms with Crippen LogP contribution in [0.3, 0.4) is 0 Å². The number of hydrogen-bond donors (Lipinski definition) is 0. The van der Waals surface area contributed by atoms with Crippen LogP contribution in [-0.4, -0.2) is 25.2 Å². The molecule has 0 N–H and O–H groups in total. The van der Waals surface area contributed by atoms with E-state index in [1.54, 1.807) is 6.92 Å². The van der Waals surface area contributed by atoms with E-state index < -0.39 is 11.5 Å². The molecule has 0 heterocycles. The lowest BCUT2D eigenvalue weighted by atomic mass is 10.7. The molecule has 1 atom stereocenters. The van der Waals surface area contributed by atoms with Crippen LogP contribution in [0.25, 0.3) is 0 Å². The monoisotopic (exact) mass is 152 g/mol. The van der Waals surface area contributed by atoms with Crippen molar-refractivity contribution in [3.8, 4) is 0 Å². The normalized spacial score (nSPS) is 13.2. The maximum atomic E-state index is 10.3. The first-order valence-electron chi connectivity index (χ1n) is 2.56. The van der Waals surface area contributed by atoms with E-state index in [0.717, 1.165) is 0 Å². The third kappa shape index (κ3) is 3.46. The van der Waals surface area contributed by atoms with Crippen molar-refractivity contribution in [2.45, 2.75) is 13.2 Å². The van der Waals surface area contributed by atoms with E-state index in [-0.39, 0.29) is 0 Å². The van der Waals surface area contributed by atoms with Crippen LogP contribution in [-0.2, 0) is 14.3 Å². The zero-order valence-corrected chi connectivity index (χ0v) is 6.14. The van der Waals surface area contributed by atoms with Crippen molar-refractivity contribution in [1.29, 1.82) is 0 Å². The summed E-state index contributed by atoms with van der Waals surface area (Å²) in [7, 11) is 1.36. The summed E-state index contributed by atoms with van der Waals surface area (Å²) < 4.78 is 9.30. The Morgan fingerprint density at radius 1 is 1.78 bits per heavy atom. The minimum Gasteiger partial charge on any atom is -0.348 e. The number of rotatable bonds is 4. The number of methoxy groups -OCH3 is 1. The van der Waals surface area contributed by atoms with Crippen LogP contribution in [0.15, 0.2) is 0 Å². The fourth-order valence-corrected chi connectivity index (χ4v) is 0.530. The Kier molecular flexibility index (Phi) is 4.67. The topological polar surface area (TPSA) is 35.5 Å². The van der Waals surface area contributed by atoms with Gasteiger partial charge in [-0.15, -0.1) is 0 Å². The van der Waals surface area contributed by atoms with Gasteiger partial charge >= 0.3 is 0 Å². The maximum absolute atomic E-state index is 10.3. The van der Waals surface area contributed by atoms with Crippen molar-refractivity contribution in [2.75, 3.05) is 13.7 Å². The number of ether oxygens (including phenoxy) is 2. The van der Waals surface area contributed by atoms with Gasteiger partial charge in [0.2, 0.25) is 6.29 Å². The number of carbonyl (C=O) groups excluding carboxylic acids is 1. The highest BCUT2D eigenvalue weighted by atomic mass is 35.5. The zero-order valence-electron chi connectivity index (χ0n) is 5.39. The first kappa shape index (κ1) is 8.88. The predicted octanol–water partition coefficient (Wildman–Crippen LogP) is 0.761. The van der Waals surface area contributed by atoms with Crippen LogP contribution in [0.2, 0.25) is 0 Å². The minimum atomic E-state index is -0.906. The summed E-state index contributed by atoms with van der Waals surface area (Å²) in [6.45, 7) is 2.17. The van der Waals surface area contributed by atoms with Crippen LogP contribution in [0.1, 0.15) is 6.92 Å². The van der Waals surface area contributed by atoms with Crippen molar-refractivity contribution >= 4 is 16.8 Å². The summed E-state index contributed by atoms with van der Waals surface area (Å²) in [5.74, 6) is 0. The van der Waals surface area contributed by atoms with E-state index in [0.29, 0.717) is 6.61 Å². The molecule has 0 fully saturated rings. The first-order chi connectivity index (χ1) is 4.22. The molecule has 0 aromatic rings. The molecule has 0 aromatic carbocycles. The maximum Gasteiger partial charge on any atom is 0.278 e. The molecule has 9 heavy (non-hydrogen) atoms. The van der Waals surface area contributed by atoms with Gasteiger partial charge < -0.3 is 9.47 Å². The van der Waals surface area contributed by atoms with Crippen molar-refractivity contribution in [1.82, 2.24) is 0 Å². The number of halogens is 1. The fourth-order valence-electron chi connectivity index (χ4n) is 0.378. The molecule has 4 heteroatoms. The smallest absolute Gasteiger partial charge is 0.278 e. The number of hydrogen-bond acceptors (Lipinski definition) is 3. The largest absolute Gasteiger partial charge is 0.348 e. The van der Waals surface area contributed by atoms with E-state index in [1.807, 2.05) is 0 Å². The van der Waals surface area contributed by atoms with Gasteiger partial charge in [0.15, 0.2) is 0 Å². The highest BCUT2D eigenvalue weighted by Gasteiger charge is 2.13. The highest BCUT2D eigenvalue weighted by Crippen LogP contribution is 1.97. The van der Waals surface area contributed by atoms with Gasteiger partial charge in [-0.2, -0.15) is 0 Å². The van der Waals surface area contributed by atoms with Gasteiger partial charge in [0.25, 0.3) is 5.24 Å². The Labute approximate surface area is 58.9 Å². The van der Waals surface area contributed by atoms with Gasteiger partial charge in [-0.3, -0.25) is 4.79 Å². The summed E-state index contributed by atoms with van der Waals surface area (Å²) in [6, 6.07) is 0. The Hall–Kier alpha value is -0.120. The molecule has 0 spiro atoms. The van der Waals surface area contributed by atoms with Gasteiger partial charge in [-0.1, -0.05) is 0 Å². The van der Waals surface area contributed by atoms with E-state index in [4.69, 9.17) is 16.3 Å². The standard InChI is InChI=1S/C5H9ClO3/c1-3-9-5(8-2)4(6)7/h5H,3H2,1-2H3. The second-order valence-corrected chi connectivity index (χ2v) is 1.70. The van der Waals surface area contributed by atoms with Crippen LogP contribution in [0.5, 0.6) is 0 Å². The lowest BCUT2D eigenvalue weighted by Gasteiger charge is -2.08. The van der Waals surface area contributed by atoms with E-state index in [9.17, 15) is 4.79 Å². The van der Waals surface area contributed by atoms with Crippen LogP contribution >= 0.6 is 11.6 Å². The molecule has 0 amide bonds. The van der Waals surface area contributed by atoms with Gasteiger partial charge in [0, 0.05) is 13.7 Å². The van der Waals surface area contributed by atoms with Gasteiger partial charge in [0.05, 0.1) is 0 Å². The first-order valence-corrected chi connectivity index (χ1v) is 2.94. The third-order valence-corrected chi connectivity index (χ3v) is 0.896. The van der Waals surface area contributed by atoms with Crippen LogP contribution < -0.4 is 0 Å². The van der Waals surface area contributed by atoms with E-state index in [2.05, 4.69) is 4.74 Å². The fraction of sp³-hybridized carbons (Fsp3) is 0.800. The molecule has 0 bridgehead atoms. The Morgan fingerprint density at radius 3 is 2.44 bits per heavy atom. The molecule has 0 aliphatic carbocycles. The van der Waals surface area contributed by atoms with Crippen molar-refractivity contribution < 1.29 is 14.3 Å². The van der Waals surface area contributed by atoms with E-state index >= 15 is 0 Å². The molecule has 0 rings (SSSR count). The Balaban J connectivity index is 3.54. The van der Waals surface area contributed by atoms with E-state index in [1.165, 1.54) is 7.11 Å². The second-order valence-electron chi connectivity index (χ2n) is 1.33. The molecular weight excluding hydrogens is 144 g/mol. The molecular formula is C5H9ClO3. The quantitative estimate of drug-likeness (QED) is 0.441. The Morgan fingerprint density at radius 2 is 2.33 bits per heavy atom. The molecule has 0 radical (unpaired) electrons. The summed E-state index contributed by atoms with van der Waals surface area (Å²) in [4.78, 5) is 10.3. The van der Waals surface area contributed by atoms with Gasteiger partial charge in [0.1, 0.15) is 0 Å². The lowest BCUT2D eigenvalue weighted by Crippen LogP contribution is -2.21. The highest BCUT2D eigenvalue weighted by molar-refractivity contribution is 6.64. The molecule has 0 aliphatic heterocycles. The lowest BCUT2D eigenvalue weighted by molar-refractivity contribution is -0.153. The summed E-state index contributed by atoms with van der Waals surface area (Å²) in [5, 5.41) is -0.626. The van der Waals surface area contributed by atoms with Gasteiger partial charge in [-0.05, 0) is 18.5 Å². The van der Waals surface area contributed by atoms with Gasteiger partial charge in [-0.25, -0.2) is 0 Å². The molecule has 1 unspecified atom stereocenters. The average Bonchev–Trinajstić information content (AvgIpc) is 1.82. The third-order valence-electron chi connectivity index (χ3n) is 0.717. The number of carbonyl (C=O) groups is 1. The molecule has 54 valence electrons. The Bertz CT molecular complexity index is 94.2. The molecule has 0 aliphatic rings. The molecule has 0 saturated carbocycles. The minimum absolute atomic E-state index is 0.414. The van der Waals surface area contributed by atoms with Crippen molar-refractivity contribution in [2.24, 2.45) is 0 Å². The average molecular weight is 153 g/mol. The predicted molar refractivity (Wildman–Crippen MR) is 33.3 cm³/mol. The van der Waals surface area contributed by atoms with Crippen molar-refractivity contribution in [3.05, 3.63) is 0 Å². The summed E-state index contributed by atoms with van der Waals surface area (Å²) in [6.07, 6.45) is -0.906. The summed E-state index contributed by atoms with van der Waals surface area (Å²) in [5.41, 5.74) is 0. The van der Waals surface area contributed by atoms with Crippen molar-refractivity contribution in [3.63, 3.8) is 0 Å². The zero-order chi connectivity index (χ0) is 7.28. The SMILES string of the molecule is CCOC(OC)C(=O)Cl. The summed E-state index contributed by atoms with van der Waals surface area (Å²) >= 11 is 5.03. The van der Waals surface area contributed by atoms with Crippen LogP contribution in [0.4, 0.5) is 0 Å².